The average molecular weight is 376 g/mol. The molecule has 0 unspecified atom stereocenters. The van der Waals surface area contributed by atoms with Crippen molar-refractivity contribution in [1.29, 1.82) is 0 Å². The molecule has 0 aliphatic heterocycles. The molecule has 4 rings (SSSR count). The first-order valence-corrected chi connectivity index (χ1v) is 9.41. The Balaban J connectivity index is 1.56. The smallest absolute Gasteiger partial charge is 0.225 e. The molecule has 0 bridgehead atoms. The van der Waals surface area contributed by atoms with Gasteiger partial charge in [-0.05, 0) is 30.5 Å². The van der Waals surface area contributed by atoms with E-state index in [1.807, 2.05) is 42.5 Å². The molecule has 6 heteroatoms. The zero-order valence-electron chi connectivity index (χ0n) is 16.1. The Morgan fingerprint density at radius 1 is 0.929 bits per heavy atom. The summed E-state index contributed by atoms with van der Waals surface area (Å²) in [6.07, 6.45) is 2.39. The van der Waals surface area contributed by atoms with E-state index in [-0.39, 0.29) is 0 Å². The number of ether oxygens (including phenoxy) is 2. The van der Waals surface area contributed by atoms with Crippen molar-refractivity contribution in [2.45, 2.75) is 25.4 Å². The van der Waals surface area contributed by atoms with Gasteiger partial charge in [-0.25, -0.2) is 4.98 Å². The third-order valence-electron chi connectivity index (χ3n) is 4.62. The summed E-state index contributed by atoms with van der Waals surface area (Å²) in [5.41, 5.74) is 3.02. The van der Waals surface area contributed by atoms with Crippen LogP contribution < -0.4 is 20.1 Å². The molecule has 1 aromatic heterocycles. The van der Waals surface area contributed by atoms with Crippen molar-refractivity contribution in [3.05, 3.63) is 60.2 Å². The third kappa shape index (κ3) is 4.34. The third-order valence-corrected chi connectivity index (χ3v) is 4.62. The van der Waals surface area contributed by atoms with Gasteiger partial charge in [-0.2, -0.15) is 4.98 Å². The lowest BCUT2D eigenvalue weighted by Crippen LogP contribution is -2.09. The van der Waals surface area contributed by atoms with Gasteiger partial charge in [0, 0.05) is 24.2 Å². The van der Waals surface area contributed by atoms with Crippen LogP contribution in [0.3, 0.4) is 0 Å². The Hall–Kier alpha value is -3.28. The molecular weight excluding hydrogens is 352 g/mol. The van der Waals surface area contributed by atoms with Crippen LogP contribution in [0.5, 0.6) is 11.5 Å². The van der Waals surface area contributed by atoms with Crippen molar-refractivity contribution in [2.24, 2.45) is 0 Å². The lowest BCUT2D eigenvalue weighted by Gasteiger charge is -2.12. The summed E-state index contributed by atoms with van der Waals surface area (Å²) in [6, 6.07) is 18.5. The molecule has 6 nitrogen and oxygen atoms in total. The molecule has 0 amide bonds. The van der Waals surface area contributed by atoms with Crippen molar-refractivity contribution in [3.8, 4) is 22.8 Å². The van der Waals surface area contributed by atoms with Gasteiger partial charge in [0.25, 0.3) is 0 Å². The maximum atomic E-state index is 5.38. The number of aromatic nitrogens is 2. The van der Waals surface area contributed by atoms with Crippen molar-refractivity contribution in [2.75, 3.05) is 24.9 Å². The van der Waals surface area contributed by atoms with Crippen LogP contribution in [0.4, 0.5) is 11.8 Å². The van der Waals surface area contributed by atoms with Crippen LogP contribution in [-0.2, 0) is 6.54 Å². The van der Waals surface area contributed by atoms with E-state index in [4.69, 9.17) is 14.5 Å². The second kappa shape index (κ2) is 8.17. The molecule has 1 heterocycles. The predicted molar refractivity (Wildman–Crippen MR) is 111 cm³/mol. The van der Waals surface area contributed by atoms with Crippen molar-refractivity contribution >= 4 is 11.8 Å². The fraction of sp³-hybridized carbons (Fsp3) is 0.273. The van der Waals surface area contributed by atoms with Gasteiger partial charge in [-0.1, -0.05) is 36.4 Å². The van der Waals surface area contributed by atoms with Gasteiger partial charge in [0.1, 0.15) is 5.82 Å². The summed E-state index contributed by atoms with van der Waals surface area (Å²) in [5, 5.41) is 6.81. The van der Waals surface area contributed by atoms with Gasteiger partial charge in [0.05, 0.1) is 19.9 Å². The molecule has 2 aromatic carbocycles. The normalized spacial score (nSPS) is 13.1. The number of benzene rings is 2. The first-order valence-electron chi connectivity index (χ1n) is 9.41. The van der Waals surface area contributed by atoms with E-state index in [2.05, 4.69) is 27.8 Å². The van der Waals surface area contributed by atoms with Gasteiger partial charge >= 0.3 is 0 Å². The first kappa shape index (κ1) is 18.1. The van der Waals surface area contributed by atoms with Crippen LogP contribution in [0.15, 0.2) is 54.6 Å². The fourth-order valence-electron chi connectivity index (χ4n) is 2.97. The highest BCUT2D eigenvalue weighted by Crippen LogP contribution is 2.29. The Morgan fingerprint density at radius 2 is 1.71 bits per heavy atom. The maximum Gasteiger partial charge on any atom is 0.225 e. The minimum atomic E-state index is 0.525. The quantitative estimate of drug-likeness (QED) is 0.609. The predicted octanol–water partition coefficient (Wildman–Crippen LogP) is 4.35. The number of methoxy groups -OCH3 is 2. The zero-order valence-corrected chi connectivity index (χ0v) is 16.1. The maximum absolute atomic E-state index is 5.38. The SMILES string of the molecule is COc1ccc(CNc2nc(NC3CC3)cc(-c3ccccc3)n2)cc1OC. The number of rotatable bonds is 8. The van der Waals surface area contributed by atoms with E-state index < -0.39 is 0 Å². The van der Waals surface area contributed by atoms with Crippen LogP contribution >= 0.6 is 0 Å². The summed E-state index contributed by atoms with van der Waals surface area (Å²) in [4.78, 5) is 9.35. The average Bonchev–Trinajstić information content (AvgIpc) is 3.56. The topological polar surface area (TPSA) is 68.3 Å². The molecule has 1 saturated carbocycles. The summed E-state index contributed by atoms with van der Waals surface area (Å²) in [7, 11) is 3.27. The Bertz CT molecular complexity index is 943. The van der Waals surface area contributed by atoms with Crippen molar-refractivity contribution in [1.82, 2.24) is 9.97 Å². The molecule has 0 atom stereocenters. The van der Waals surface area contributed by atoms with Gasteiger partial charge in [-0.15, -0.1) is 0 Å². The minimum Gasteiger partial charge on any atom is -0.493 e. The molecule has 0 radical (unpaired) electrons. The second-order valence-corrected chi connectivity index (χ2v) is 6.79. The van der Waals surface area contributed by atoms with Gasteiger partial charge in [0.15, 0.2) is 11.5 Å². The van der Waals surface area contributed by atoms with Gasteiger partial charge < -0.3 is 20.1 Å². The van der Waals surface area contributed by atoms with E-state index >= 15 is 0 Å². The van der Waals surface area contributed by atoms with Crippen LogP contribution in [0.25, 0.3) is 11.3 Å². The van der Waals surface area contributed by atoms with E-state index in [1.54, 1.807) is 14.2 Å². The monoisotopic (exact) mass is 376 g/mol. The summed E-state index contributed by atoms with van der Waals surface area (Å²) in [5.74, 6) is 2.87. The van der Waals surface area contributed by atoms with Crippen LogP contribution in [0.1, 0.15) is 18.4 Å². The van der Waals surface area contributed by atoms with Crippen molar-refractivity contribution < 1.29 is 9.47 Å². The zero-order chi connectivity index (χ0) is 19.3. The number of anilines is 2. The lowest BCUT2D eigenvalue weighted by molar-refractivity contribution is 0.354. The summed E-state index contributed by atoms with van der Waals surface area (Å²) in [6.45, 7) is 0.585. The summed E-state index contributed by atoms with van der Waals surface area (Å²) < 4.78 is 10.7. The molecule has 1 aliphatic carbocycles. The molecule has 28 heavy (non-hydrogen) atoms. The molecule has 2 N–H and O–H groups in total. The second-order valence-electron chi connectivity index (χ2n) is 6.79. The highest BCUT2D eigenvalue weighted by molar-refractivity contribution is 5.64. The lowest BCUT2D eigenvalue weighted by atomic mass is 10.1. The Kier molecular flexibility index (Phi) is 5.28. The number of nitrogens with one attached hydrogen (secondary N) is 2. The first-order chi connectivity index (χ1) is 13.7. The molecule has 1 aliphatic rings. The molecule has 0 spiro atoms. The number of nitrogens with zero attached hydrogens (tertiary/aromatic N) is 2. The van der Waals surface area contributed by atoms with E-state index in [1.165, 1.54) is 12.8 Å². The standard InChI is InChI=1S/C22H24N4O2/c1-27-19-11-8-15(12-20(19)28-2)14-23-22-25-18(16-6-4-3-5-7-16)13-21(26-22)24-17-9-10-17/h3-8,11-13,17H,9-10,14H2,1-2H3,(H2,23,24,25,26). The van der Waals surface area contributed by atoms with Crippen molar-refractivity contribution in [3.63, 3.8) is 0 Å². The van der Waals surface area contributed by atoms with Crippen LogP contribution in [-0.4, -0.2) is 30.2 Å². The largest absolute Gasteiger partial charge is 0.493 e. The van der Waals surface area contributed by atoms with Crippen LogP contribution in [0.2, 0.25) is 0 Å². The molecule has 144 valence electrons. The molecular formula is C22H24N4O2. The highest BCUT2D eigenvalue weighted by Gasteiger charge is 2.22. The summed E-state index contributed by atoms with van der Waals surface area (Å²) >= 11 is 0. The number of hydrogen-bond donors (Lipinski definition) is 2. The number of hydrogen-bond acceptors (Lipinski definition) is 6. The van der Waals surface area contributed by atoms with Gasteiger partial charge in [0.2, 0.25) is 5.95 Å². The Labute approximate surface area is 164 Å². The molecule has 0 saturated heterocycles. The molecule has 3 aromatic rings. The van der Waals surface area contributed by atoms with E-state index in [0.717, 1.165) is 22.6 Å². The molecule has 1 fully saturated rings. The van der Waals surface area contributed by atoms with E-state index in [9.17, 15) is 0 Å². The highest BCUT2D eigenvalue weighted by atomic mass is 16.5. The van der Waals surface area contributed by atoms with E-state index in [0.29, 0.717) is 30.0 Å². The van der Waals surface area contributed by atoms with Crippen LogP contribution in [0, 0.1) is 0 Å². The minimum absolute atomic E-state index is 0.525. The Morgan fingerprint density at radius 3 is 2.43 bits per heavy atom. The fourth-order valence-corrected chi connectivity index (χ4v) is 2.97. The van der Waals surface area contributed by atoms with Gasteiger partial charge in [-0.3, -0.25) is 0 Å².